The molecule has 0 spiro atoms. The summed E-state index contributed by atoms with van der Waals surface area (Å²) in [5, 5.41) is 16.9. The maximum absolute atomic E-state index is 10.5. The molecule has 1 saturated carbocycles. The minimum Gasteiger partial charge on any atom is -0.481 e. The van der Waals surface area contributed by atoms with E-state index in [1.807, 2.05) is 4.57 Å². The van der Waals surface area contributed by atoms with E-state index in [2.05, 4.69) is 24.0 Å². The highest BCUT2D eigenvalue weighted by Gasteiger charge is 2.49. The Labute approximate surface area is 97.2 Å². The number of nitrogen functional groups attached to an aromatic ring is 1. The second-order valence-corrected chi connectivity index (χ2v) is 5.54. The zero-order valence-corrected chi connectivity index (χ0v) is 9.99. The Kier molecular flexibility index (Phi) is 2.57. The molecule has 1 unspecified atom stereocenters. The van der Waals surface area contributed by atoms with E-state index in [0.717, 1.165) is 18.2 Å². The fraction of sp³-hybridized carbons (Fsp3) is 0.667. The standard InChI is InChI=1S/C9H14N4O2S/c1-9(2)3-5(9)13-7(10)11-12-8(13)16-4-6(14)15/h5H,3-4H2,1-2H3,(H2,10,11)(H,14,15). The summed E-state index contributed by atoms with van der Waals surface area (Å²) in [5.74, 6) is -0.526. The Hall–Kier alpha value is -1.24. The first-order valence-electron chi connectivity index (χ1n) is 4.97. The van der Waals surface area contributed by atoms with E-state index in [-0.39, 0.29) is 11.2 Å². The number of nitrogens with zero attached hydrogens (tertiary/aromatic N) is 3. The molecule has 1 aromatic heterocycles. The van der Waals surface area contributed by atoms with Crippen molar-refractivity contribution in [2.45, 2.75) is 31.5 Å². The number of nitrogens with two attached hydrogens (primary N) is 1. The number of hydrogen-bond donors (Lipinski definition) is 2. The summed E-state index contributed by atoms with van der Waals surface area (Å²) < 4.78 is 1.84. The van der Waals surface area contributed by atoms with Gasteiger partial charge in [-0.1, -0.05) is 25.6 Å². The number of aromatic nitrogens is 3. The van der Waals surface area contributed by atoms with Crippen molar-refractivity contribution in [1.82, 2.24) is 14.8 Å². The number of aliphatic carboxylic acids is 1. The van der Waals surface area contributed by atoms with Crippen molar-refractivity contribution in [3.05, 3.63) is 0 Å². The minimum atomic E-state index is -0.867. The van der Waals surface area contributed by atoms with Crippen LogP contribution in [-0.4, -0.2) is 31.6 Å². The fourth-order valence-electron chi connectivity index (χ4n) is 1.69. The van der Waals surface area contributed by atoms with Gasteiger partial charge in [0.25, 0.3) is 0 Å². The van der Waals surface area contributed by atoms with Gasteiger partial charge < -0.3 is 10.8 Å². The highest BCUT2D eigenvalue weighted by molar-refractivity contribution is 7.99. The number of carboxylic acid groups (broad SMARTS) is 1. The third-order valence-electron chi connectivity index (χ3n) is 2.79. The zero-order valence-electron chi connectivity index (χ0n) is 9.17. The molecule has 1 aromatic rings. The topological polar surface area (TPSA) is 94.0 Å². The summed E-state index contributed by atoms with van der Waals surface area (Å²) in [6, 6.07) is 0.291. The molecule has 1 atom stereocenters. The zero-order chi connectivity index (χ0) is 11.9. The molecular formula is C9H14N4O2S. The van der Waals surface area contributed by atoms with E-state index in [9.17, 15) is 4.79 Å². The van der Waals surface area contributed by atoms with Crippen LogP contribution in [0.4, 0.5) is 5.95 Å². The molecule has 0 aliphatic heterocycles. The lowest BCUT2D eigenvalue weighted by atomic mass is 10.2. The summed E-state index contributed by atoms with van der Waals surface area (Å²) in [6.07, 6.45) is 1.02. The predicted molar refractivity (Wildman–Crippen MR) is 60.2 cm³/mol. The van der Waals surface area contributed by atoms with Crippen LogP contribution in [0.2, 0.25) is 0 Å². The largest absolute Gasteiger partial charge is 0.481 e. The van der Waals surface area contributed by atoms with Crippen LogP contribution >= 0.6 is 11.8 Å². The fourth-order valence-corrected chi connectivity index (χ4v) is 2.40. The Morgan fingerprint density at radius 3 is 2.81 bits per heavy atom. The van der Waals surface area contributed by atoms with Crippen LogP contribution in [0.15, 0.2) is 5.16 Å². The lowest BCUT2D eigenvalue weighted by molar-refractivity contribution is -0.133. The molecule has 0 radical (unpaired) electrons. The van der Waals surface area contributed by atoms with E-state index in [4.69, 9.17) is 10.8 Å². The van der Waals surface area contributed by atoms with Crippen molar-refractivity contribution in [1.29, 1.82) is 0 Å². The maximum atomic E-state index is 10.5. The van der Waals surface area contributed by atoms with Crippen LogP contribution in [0.5, 0.6) is 0 Å². The Bertz CT molecular complexity index is 429. The van der Waals surface area contributed by atoms with Crippen LogP contribution in [0.3, 0.4) is 0 Å². The van der Waals surface area contributed by atoms with Crippen LogP contribution < -0.4 is 5.73 Å². The number of thioether (sulfide) groups is 1. The van der Waals surface area contributed by atoms with Gasteiger partial charge >= 0.3 is 5.97 Å². The van der Waals surface area contributed by atoms with Gasteiger partial charge in [-0.2, -0.15) is 0 Å². The predicted octanol–water partition coefficient (Wildman–Crippen LogP) is 1.01. The van der Waals surface area contributed by atoms with E-state index >= 15 is 0 Å². The van der Waals surface area contributed by atoms with Gasteiger partial charge in [-0.3, -0.25) is 9.36 Å². The molecule has 1 aliphatic rings. The van der Waals surface area contributed by atoms with Crippen molar-refractivity contribution in [2.24, 2.45) is 5.41 Å². The Balaban J connectivity index is 2.17. The van der Waals surface area contributed by atoms with Crippen molar-refractivity contribution >= 4 is 23.7 Å². The third-order valence-corrected chi connectivity index (χ3v) is 3.72. The maximum Gasteiger partial charge on any atom is 0.313 e. The molecule has 1 fully saturated rings. The summed E-state index contributed by atoms with van der Waals surface area (Å²) in [6.45, 7) is 4.28. The van der Waals surface area contributed by atoms with Gasteiger partial charge in [-0.05, 0) is 11.8 Å². The summed E-state index contributed by atoms with van der Waals surface area (Å²) in [7, 11) is 0. The molecule has 7 heteroatoms. The number of hydrogen-bond acceptors (Lipinski definition) is 5. The smallest absolute Gasteiger partial charge is 0.313 e. The van der Waals surface area contributed by atoms with Crippen molar-refractivity contribution < 1.29 is 9.90 Å². The quantitative estimate of drug-likeness (QED) is 0.765. The first-order chi connectivity index (χ1) is 7.42. The highest BCUT2D eigenvalue weighted by Crippen LogP contribution is 2.57. The Morgan fingerprint density at radius 1 is 1.69 bits per heavy atom. The minimum absolute atomic E-state index is 0.0225. The molecule has 0 bridgehead atoms. The van der Waals surface area contributed by atoms with E-state index in [1.54, 1.807) is 0 Å². The normalized spacial score (nSPS) is 22.0. The second kappa shape index (κ2) is 3.65. The van der Waals surface area contributed by atoms with Gasteiger partial charge in [-0.25, -0.2) is 0 Å². The molecule has 3 N–H and O–H groups in total. The SMILES string of the molecule is CC1(C)CC1n1c(N)nnc1SCC(=O)O. The molecule has 88 valence electrons. The molecule has 1 heterocycles. The first-order valence-corrected chi connectivity index (χ1v) is 5.95. The summed E-state index contributed by atoms with van der Waals surface area (Å²) >= 11 is 1.15. The van der Waals surface area contributed by atoms with Gasteiger partial charge in [0.2, 0.25) is 5.95 Å². The van der Waals surface area contributed by atoms with Crippen molar-refractivity contribution in [2.75, 3.05) is 11.5 Å². The van der Waals surface area contributed by atoms with Crippen molar-refractivity contribution in [3.63, 3.8) is 0 Å². The highest BCUT2D eigenvalue weighted by atomic mass is 32.2. The van der Waals surface area contributed by atoms with Crippen LogP contribution in [-0.2, 0) is 4.79 Å². The van der Waals surface area contributed by atoms with Gasteiger partial charge in [0, 0.05) is 6.04 Å². The van der Waals surface area contributed by atoms with E-state index in [1.165, 1.54) is 0 Å². The van der Waals surface area contributed by atoms with Gasteiger partial charge in [0.15, 0.2) is 5.16 Å². The average Bonchev–Trinajstić information content (AvgIpc) is 2.64. The summed E-state index contributed by atoms with van der Waals surface area (Å²) in [5.41, 5.74) is 5.94. The second-order valence-electron chi connectivity index (χ2n) is 4.60. The van der Waals surface area contributed by atoms with E-state index < -0.39 is 5.97 Å². The molecule has 0 amide bonds. The third kappa shape index (κ3) is 1.99. The van der Waals surface area contributed by atoms with Crippen LogP contribution in [0.25, 0.3) is 0 Å². The monoisotopic (exact) mass is 242 g/mol. The lowest BCUT2D eigenvalue weighted by Gasteiger charge is -2.08. The molecule has 1 aliphatic carbocycles. The van der Waals surface area contributed by atoms with Crippen LogP contribution in [0, 0.1) is 5.41 Å². The molecular weight excluding hydrogens is 228 g/mol. The first kappa shape index (κ1) is 11.3. The van der Waals surface area contributed by atoms with Gasteiger partial charge in [0.1, 0.15) is 0 Å². The number of rotatable bonds is 4. The van der Waals surface area contributed by atoms with Gasteiger partial charge in [0.05, 0.1) is 5.75 Å². The molecule has 0 saturated heterocycles. The number of carboxylic acids is 1. The van der Waals surface area contributed by atoms with E-state index in [0.29, 0.717) is 17.1 Å². The van der Waals surface area contributed by atoms with Crippen LogP contribution in [0.1, 0.15) is 26.3 Å². The average molecular weight is 242 g/mol. The summed E-state index contributed by atoms with van der Waals surface area (Å²) in [4.78, 5) is 10.5. The molecule has 16 heavy (non-hydrogen) atoms. The number of anilines is 1. The molecule has 0 aromatic carbocycles. The molecule has 6 nitrogen and oxygen atoms in total. The number of carbonyl (C=O) groups is 1. The van der Waals surface area contributed by atoms with Crippen molar-refractivity contribution in [3.8, 4) is 0 Å². The molecule has 2 rings (SSSR count). The Morgan fingerprint density at radius 2 is 2.31 bits per heavy atom. The lowest BCUT2D eigenvalue weighted by Crippen LogP contribution is -2.07. The van der Waals surface area contributed by atoms with Gasteiger partial charge in [-0.15, -0.1) is 10.2 Å².